The molecule has 0 spiro atoms. The van der Waals surface area contributed by atoms with E-state index in [1.54, 1.807) is 0 Å². The Kier molecular flexibility index (Phi) is 3.49. The summed E-state index contributed by atoms with van der Waals surface area (Å²) < 4.78 is 0. The molecule has 2 heteroatoms. The van der Waals surface area contributed by atoms with Crippen LogP contribution in [0.25, 0.3) is 0 Å². The summed E-state index contributed by atoms with van der Waals surface area (Å²) in [5.41, 5.74) is 2.71. The summed E-state index contributed by atoms with van der Waals surface area (Å²) in [5.74, 6) is 0.900. The van der Waals surface area contributed by atoms with Crippen LogP contribution in [0.5, 0.6) is 0 Å². The van der Waals surface area contributed by atoms with Crippen molar-refractivity contribution in [3.8, 4) is 0 Å². The minimum Gasteiger partial charge on any atom is -0.373 e. The van der Waals surface area contributed by atoms with E-state index in [0.29, 0.717) is 6.04 Å². The zero-order valence-corrected chi connectivity index (χ0v) is 10.5. The lowest BCUT2D eigenvalue weighted by Crippen LogP contribution is -2.39. The molecule has 0 saturated heterocycles. The minimum atomic E-state index is 0.643. The highest BCUT2D eigenvalue weighted by Crippen LogP contribution is 2.33. The Bertz CT molecular complexity index is 344. The van der Waals surface area contributed by atoms with Gasteiger partial charge in [-0.25, -0.2) is 0 Å². The van der Waals surface area contributed by atoms with E-state index in [9.17, 15) is 0 Å². The fourth-order valence-corrected chi connectivity index (χ4v) is 2.36. The zero-order chi connectivity index (χ0) is 11.5. The monoisotopic (exact) mass is 218 g/mol. The SMILES string of the molecule is CNC(CN(C)c1ccccc1C)C1CC1. The van der Waals surface area contributed by atoms with E-state index in [4.69, 9.17) is 0 Å². The number of para-hydroxylation sites is 1. The van der Waals surface area contributed by atoms with E-state index >= 15 is 0 Å². The number of likely N-dealkylation sites (N-methyl/N-ethyl adjacent to an activating group) is 2. The molecule has 0 amide bonds. The molecule has 1 saturated carbocycles. The van der Waals surface area contributed by atoms with Crippen LogP contribution in [0.15, 0.2) is 24.3 Å². The Hall–Kier alpha value is -1.02. The second-order valence-electron chi connectivity index (χ2n) is 4.90. The van der Waals surface area contributed by atoms with E-state index in [-0.39, 0.29) is 0 Å². The number of anilines is 1. The summed E-state index contributed by atoms with van der Waals surface area (Å²) >= 11 is 0. The summed E-state index contributed by atoms with van der Waals surface area (Å²) in [6.45, 7) is 3.28. The van der Waals surface area contributed by atoms with E-state index in [2.05, 4.69) is 55.5 Å². The van der Waals surface area contributed by atoms with Crippen LogP contribution in [0.1, 0.15) is 18.4 Å². The standard InChI is InChI=1S/C14H22N2/c1-11-6-4-5-7-14(11)16(3)10-13(15-2)12-8-9-12/h4-7,12-13,15H,8-10H2,1-3H3. The quantitative estimate of drug-likeness (QED) is 0.816. The molecule has 16 heavy (non-hydrogen) atoms. The Morgan fingerprint density at radius 2 is 2.06 bits per heavy atom. The number of benzene rings is 1. The van der Waals surface area contributed by atoms with E-state index in [0.717, 1.165) is 12.5 Å². The molecule has 1 N–H and O–H groups in total. The number of aryl methyl sites for hydroxylation is 1. The van der Waals surface area contributed by atoms with Gasteiger partial charge in [-0.15, -0.1) is 0 Å². The van der Waals surface area contributed by atoms with Crippen LogP contribution < -0.4 is 10.2 Å². The molecule has 88 valence electrons. The molecule has 0 radical (unpaired) electrons. The number of nitrogens with zero attached hydrogens (tertiary/aromatic N) is 1. The zero-order valence-electron chi connectivity index (χ0n) is 10.5. The molecule has 0 heterocycles. The van der Waals surface area contributed by atoms with Crippen molar-refractivity contribution in [3.63, 3.8) is 0 Å². The van der Waals surface area contributed by atoms with E-state index in [1.807, 2.05) is 0 Å². The van der Waals surface area contributed by atoms with Gasteiger partial charge < -0.3 is 10.2 Å². The highest BCUT2D eigenvalue weighted by molar-refractivity contribution is 5.52. The van der Waals surface area contributed by atoms with Crippen LogP contribution >= 0.6 is 0 Å². The first-order valence-electron chi connectivity index (χ1n) is 6.16. The third kappa shape index (κ3) is 2.56. The van der Waals surface area contributed by atoms with Gasteiger partial charge in [-0.2, -0.15) is 0 Å². The van der Waals surface area contributed by atoms with Crippen molar-refractivity contribution in [1.29, 1.82) is 0 Å². The van der Waals surface area contributed by atoms with Crippen molar-refractivity contribution in [2.24, 2.45) is 5.92 Å². The molecule has 1 aromatic rings. The third-order valence-corrected chi connectivity index (χ3v) is 3.56. The molecule has 0 aromatic heterocycles. The lowest BCUT2D eigenvalue weighted by molar-refractivity contribution is 0.503. The van der Waals surface area contributed by atoms with Crippen LogP contribution in [0.3, 0.4) is 0 Å². The Morgan fingerprint density at radius 1 is 1.38 bits per heavy atom. The normalized spacial score (nSPS) is 17.2. The maximum absolute atomic E-state index is 3.44. The van der Waals surface area contributed by atoms with Crippen LogP contribution in [0.4, 0.5) is 5.69 Å². The highest BCUT2D eigenvalue weighted by atomic mass is 15.1. The smallest absolute Gasteiger partial charge is 0.0393 e. The molecule has 1 atom stereocenters. The maximum Gasteiger partial charge on any atom is 0.0393 e. The third-order valence-electron chi connectivity index (χ3n) is 3.56. The summed E-state index contributed by atoms with van der Waals surface area (Å²) in [5, 5.41) is 3.44. The molecular formula is C14H22N2. The highest BCUT2D eigenvalue weighted by Gasteiger charge is 2.30. The van der Waals surface area contributed by atoms with Gasteiger partial charge in [-0.3, -0.25) is 0 Å². The predicted octanol–water partition coefficient (Wildman–Crippen LogP) is 2.43. The van der Waals surface area contributed by atoms with E-state index < -0.39 is 0 Å². The van der Waals surface area contributed by atoms with Crippen molar-refractivity contribution in [2.45, 2.75) is 25.8 Å². The van der Waals surface area contributed by atoms with Gasteiger partial charge >= 0.3 is 0 Å². The number of rotatable bonds is 5. The van der Waals surface area contributed by atoms with Crippen molar-refractivity contribution in [2.75, 3.05) is 25.5 Å². The van der Waals surface area contributed by atoms with Gasteiger partial charge in [-0.1, -0.05) is 18.2 Å². The molecule has 0 bridgehead atoms. The summed E-state index contributed by atoms with van der Waals surface area (Å²) in [6.07, 6.45) is 2.79. The molecule has 0 aliphatic heterocycles. The lowest BCUT2D eigenvalue weighted by atomic mass is 10.1. The topological polar surface area (TPSA) is 15.3 Å². The minimum absolute atomic E-state index is 0.643. The summed E-state index contributed by atoms with van der Waals surface area (Å²) in [4.78, 5) is 2.37. The predicted molar refractivity (Wildman–Crippen MR) is 70.0 cm³/mol. The van der Waals surface area contributed by atoms with Gasteiger partial charge in [0.1, 0.15) is 0 Å². The molecular weight excluding hydrogens is 196 g/mol. The van der Waals surface area contributed by atoms with E-state index in [1.165, 1.54) is 24.1 Å². The van der Waals surface area contributed by atoms with Gasteiger partial charge in [0.15, 0.2) is 0 Å². The molecule has 2 rings (SSSR count). The van der Waals surface area contributed by atoms with Crippen molar-refractivity contribution >= 4 is 5.69 Å². The second kappa shape index (κ2) is 4.88. The van der Waals surface area contributed by atoms with Gasteiger partial charge in [0.05, 0.1) is 0 Å². The first-order chi connectivity index (χ1) is 7.72. The molecule has 1 aromatic carbocycles. The number of nitrogens with one attached hydrogen (secondary N) is 1. The fourth-order valence-electron chi connectivity index (χ4n) is 2.36. The Morgan fingerprint density at radius 3 is 2.62 bits per heavy atom. The Labute approximate surface area is 98.7 Å². The van der Waals surface area contributed by atoms with Gasteiger partial charge in [0.25, 0.3) is 0 Å². The van der Waals surface area contributed by atoms with Crippen molar-refractivity contribution in [1.82, 2.24) is 5.32 Å². The van der Waals surface area contributed by atoms with Crippen LogP contribution in [0.2, 0.25) is 0 Å². The van der Waals surface area contributed by atoms with Crippen LogP contribution in [-0.2, 0) is 0 Å². The molecule has 1 aliphatic rings. The van der Waals surface area contributed by atoms with Gasteiger partial charge in [-0.05, 0) is 44.4 Å². The first-order valence-corrected chi connectivity index (χ1v) is 6.16. The average molecular weight is 218 g/mol. The van der Waals surface area contributed by atoms with Gasteiger partial charge in [0, 0.05) is 25.3 Å². The second-order valence-corrected chi connectivity index (χ2v) is 4.90. The number of hydrogen-bond acceptors (Lipinski definition) is 2. The lowest BCUT2D eigenvalue weighted by Gasteiger charge is -2.26. The molecule has 1 fully saturated rings. The molecule has 2 nitrogen and oxygen atoms in total. The van der Waals surface area contributed by atoms with Crippen LogP contribution in [-0.4, -0.2) is 26.7 Å². The first kappa shape index (κ1) is 11.5. The van der Waals surface area contributed by atoms with Gasteiger partial charge in [0.2, 0.25) is 0 Å². The molecule has 1 unspecified atom stereocenters. The summed E-state index contributed by atoms with van der Waals surface area (Å²) in [6, 6.07) is 9.24. The van der Waals surface area contributed by atoms with Crippen LogP contribution in [0, 0.1) is 12.8 Å². The fraction of sp³-hybridized carbons (Fsp3) is 0.571. The number of hydrogen-bond donors (Lipinski definition) is 1. The molecule has 1 aliphatic carbocycles. The average Bonchev–Trinajstić information content (AvgIpc) is 3.10. The van der Waals surface area contributed by atoms with Crippen molar-refractivity contribution < 1.29 is 0 Å². The maximum atomic E-state index is 3.44. The van der Waals surface area contributed by atoms with Crippen molar-refractivity contribution in [3.05, 3.63) is 29.8 Å². The largest absolute Gasteiger partial charge is 0.373 e. The Balaban J connectivity index is 2.01. The summed E-state index contributed by atoms with van der Waals surface area (Å²) in [7, 11) is 4.27.